The predicted molar refractivity (Wildman–Crippen MR) is 84.5 cm³/mol. The molecule has 0 radical (unpaired) electrons. The van der Waals surface area contributed by atoms with Gasteiger partial charge in [0.05, 0.1) is 5.52 Å². The van der Waals surface area contributed by atoms with E-state index < -0.39 is 0 Å². The van der Waals surface area contributed by atoms with Crippen LogP contribution in [0.5, 0.6) is 0 Å². The first-order valence-corrected chi connectivity index (χ1v) is 7.66. The third kappa shape index (κ3) is 2.57. The van der Waals surface area contributed by atoms with Crippen LogP contribution in [0.15, 0.2) is 36.4 Å². The summed E-state index contributed by atoms with van der Waals surface area (Å²) in [7, 11) is 0. The summed E-state index contributed by atoms with van der Waals surface area (Å²) < 4.78 is 0. The van der Waals surface area contributed by atoms with Crippen molar-refractivity contribution in [2.45, 2.75) is 45.6 Å². The first kappa shape index (κ1) is 13.6. The minimum atomic E-state index is 0.223. The maximum absolute atomic E-state index is 6.49. The molecule has 0 saturated heterocycles. The summed E-state index contributed by atoms with van der Waals surface area (Å²) in [5.74, 6) is 0.621. The average molecular weight is 268 g/mol. The molecule has 0 aliphatic heterocycles. The van der Waals surface area contributed by atoms with E-state index in [9.17, 15) is 0 Å². The molecule has 1 aliphatic carbocycles. The molecule has 1 heterocycles. The molecule has 2 N–H and O–H groups in total. The van der Waals surface area contributed by atoms with Gasteiger partial charge >= 0.3 is 0 Å². The molecule has 106 valence electrons. The van der Waals surface area contributed by atoms with Crippen LogP contribution in [0.4, 0.5) is 0 Å². The minimum absolute atomic E-state index is 0.223. The van der Waals surface area contributed by atoms with Gasteiger partial charge in [0.25, 0.3) is 0 Å². The van der Waals surface area contributed by atoms with Crippen LogP contribution in [0.25, 0.3) is 10.9 Å². The first-order chi connectivity index (χ1) is 9.56. The summed E-state index contributed by atoms with van der Waals surface area (Å²) in [4.78, 5) is 4.75. The van der Waals surface area contributed by atoms with E-state index in [4.69, 9.17) is 10.7 Å². The highest BCUT2D eigenvalue weighted by Crippen LogP contribution is 2.44. The van der Waals surface area contributed by atoms with E-state index in [-0.39, 0.29) is 6.04 Å². The number of hydrogen-bond donors (Lipinski definition) is 1. The van der Waals surface area contributed by atoms with Crippen molar-refractivity contribution in [2.24, 2.45) is 17.1 Å². The number of fused-ring (bicyclic) bond motifs is 1. The lowest BCUT2D eigenvalue weighted by molar-refractivity contribution is 0.219. The summed E-state index contributed by atoms with van der Waals surface area (Å²) >= 11 is 0. The first-order valence-electron chi connectivity index (χ1n) is 7.66. The maximum atomic E-state index is 6.49. The van der Waals surface area contributed by atoms with Gasteiger partial charge in [-0.1, -0.05) is 44.5 Å². The summed E-state index contributed by atoms with van der Waals surface area (Å²) in [6.45, 7) is 4.72. The fourth-order valence-corrected chi connectivity index (χ4v) is 3.75. The van der Waals surface area contributed by atoms with Crippen LogP contribution in [0.3, 0.4) is 0 Å². The van der Waals surface area contributed by atoms with Gasteiger partial charge in [-0.25, -0.2) is 0 Å². The van der Waals surface area contributed by atoms with Gasteiger partial charge in [-0.3, -0.25) is 4.98 Å². The molecular formula is C18H24N2. The second-order valence-electron chi connectivity index (χ2n) is 6.85. The van der Waals surface area contributed by atoms with Gasteiger partial charge in [0, 0.05) is 23.5 Å². The Bertz CT molecular complexity index is 603. The van der Waals surface area contributed by atoms with Gasteiger partial charge in [-0.15, -0.1) is 0 Å². The summed E-state index contributed by atoms with van der Waals surface area (Å²) in [6, 6.07) is 12.8. The normalized spacial score (nSPS) is 23.1. The Kier molecular flexibility index (Phi) is 3.51. The summed E-state index contributed by atoms with van der Waals surface area (Å²) in [5, 5.41) is 1.20. The number of pyridine rings is 1. The second kappa shape index (κ2) is 5.17. The molecule has 1 aromatic heterocycles. The summed E-state index contributed by atoms with van der Waals surface area (Å²) in [6.07, 6.45) is 4.77. The Balaban J connectivity index is 1.79. The molecule has 2 heteroatoms. The second-order valence-corrected chi connectivity index (χ2v) is 6.85. The standard InChI is InChI=1S/C18H24N2/c1-18(2)11-5-7-15(18)16(19)12-14-10-9-13-6-3-4-8-17(13)20-14/h3-4,6,8-10,15-16H,5,7,11-12,19H2,1-2H3. The largest absolute Gasteiger partial charge is 0.327 e. The number of nitrogens with zero attached hydrogens (tertiary/aromatic N) is 1. The predicted octanol–water partition coefficient (Wildman–Crippen LogP) is 3.93. The Morgan fingerprint density at radius 1 is 1.25 bits per heavy atom. The zero-order chi connectivity index (χ0) is 14.2. The molecule has 0 amide bonds. The van der Waals surface area contributed by atoms with Crippen LogP contribution in [-0.4, -0.2) is 11.0 Å². The molecule has 1 fully saturated rings. The van der Waals surface area contributed by atoms with E-state index in [1.54, 1.807) is 0 Å². The smallest absolute Gasteiger partial charge is 0.0705 e. The quantitative estimate of drug-likeness (QED) is 0.916. The Morgan fingerprint density at radius 2 is 2.05 bits per heavy atom. The van der Waals surface area contributed by atoms with Gasteiger partial charge in [0.1, 0.15) is 0 Å². The van der Waals surface area contributed by atoms with E-state index >= 15 is 0 Å². The molecule has 2 atom stereocenters. The lowest BCUT2D eigenvalue weighted by atomic mass is 9.76. The van der Waals surface area contributed by atoms with E-state index in [0.717, 1.165) is 17.6 Å². The van der Waals surface area contributed by atoms with Crippen molar-refractivity contribution in [2.75, 3.05) is 0 Å². The van der Waals surface area contributed by atoms with Gasteiger partial charge < -0.3 is 5.73 Å². The lowest BCUT2D eigenvalue weighted by Crippen LogP contribution is -2.38. The third-order valence-electron chi connectivity index (χ3n) is 4.96. The van der Waals surface area contributed by atoms with Crippen molar-refractivity contribution in [3.63, 3.8) is 0 Å². The van der Waals surface area contributed by atoms with Gasteiger partial charge in [0.2, 0.25) is 0 Å². The molecule has 1 aromatic carbocycles. The van der Waals surface area contributed by atoms with E-state index in [0.29, 0.717) is 11.3 Å². The van der Waals surface area contributed by atoms with Crippen molar-refractivity contribution < 1.29 is 0 Å². The number of para-hydroxylation sites is 1. The van der Waals surface area contributed by atoms with Gasteiger partial charge in [-0.2, -0.15) is 0 Å². The minimum Gasteiger partial charge on any atom is -0.327 e. The van der Waals surface area contributed by atoms with Crippen molar-refractivity contribution in [3.8, 4) is 0 Å². The third-order valence-corrected chi connectivity index (χ3v) is 4.96. The van der Waals surface area contributed by atoms with Crippen LogP contribution >= 0.6 is 0 Å². The molecule has 2 nitrogen and oxygen atoms in total. The topological polar surface area (TPSA) is 38.9 Å². The molecule has 0 bridgehead atoms. The zero-order valence-corrected chi connectivity index (χ0v) is 12.5. The number of aromatic nitrogens is 1. The lowest BCUT2D eigenvalue weighted by Gasteiger charge is -2.31. The van der Waals surface area contributed by atoms with E-state index in [2.05, 4.69) is 44.2 Å². The van der Waals surface area contributed by atoms with Crippen molar-refractivity contribution in [1.82, 2.24) is 4.98 Å². The van der Waals surface area contributed by atoms with Crippen molar-refractivity contribution in [3.05, 3.63) is 42.1 Å². The zero-order valence-electron chi connectivity index (χ0n) is 12.5. The number of nitrogens with two attached hydrogens (primary N) is 1. The molecule has 0 spiro atoms. The highest BCUT2D eigenvalue weighted by atomic mass is 14.7. The average Bonchev–Trinajstić information content (AvgIpc) is 2.78. The monoisotopic (exact) mass is 268 g/mol. The molecule has 2 unspecified atom stereocenters. The number of benzene rings is 1. The highest BCUT2D eigenvalue weighted by molar-refractivity contribution is 5.78. The van der Waals surface area contributed by atoms with Crippen LogP contribution in [0, 0.1) is 11.3 Å². The molecule has 20 heavy (non-hydrogen) atoms. The van der Waals surface area contributed by atoms with E-state index in [1.807, 2.05) is 6.07 Å². The molecular weight excluding hydrogens is 244 g/mol. The molecule has 1 aliphatic rings. The molecule has 1 saturated carbocycles. The maximum Gasteiger partial charge on any atom is 0.0705 e. The summed E-state index contributed by atoms with van der Waals surface area (Å²) in [5.41, 5.74) is 9.07. The molecule has 2 aromatic rings. The fraction of sp³-hybridized carbons (Fsp3) is 0.500. The van der Waals surface area contributed by atoms with Crippen LogP contribution in [0.2, 0.25) is 0 Å². The fourth-order valence-electron chi connectivity index (χ4n) is 3.75. The van der Waals surface area contributed by atoms with E-state index in [1.165, 1.54) is 24.6 Å². The number of rotatable bonds is 3. The van der Waals surface area contributed by atoms with Gasteiger partial charge in [-0.05, 0) is 36.3 Å². The molecule has 3 rings (SSSR count). The van der Waals surface area contributed by atoms with Crippen LogP contribution in [0.1, 0.15) is 38.8 Å². The van der Waals surface area contributed by atoms with Crippen LogP contribution in [-0.2, 0) is 6.42 Å². The van der Waals surface area contributed by atoms with Gasteiger partial charge in [0.15, 0.2) is 0 Å². The van der Waals surface area contributed by atoms with Crippen molar-refractivity contribution in [1.29, 1.82) is 0 Å². The number of hydrogen-bond acceptors (Lipinski definition) is 2. The van der Waals surface area contributed by atoms with Crippen molar-refractivity contribution >= 4 is 10.9 Å². The Morgan fingerprint density at radius 3 is 2.80 bits per heavy atom. The van der Waals surface area contributed by atoms with Crippen LogP contribution < -0.4 is 5.73 Å². The Labute approximate surface area is 121 Å². The Hall–Kier alpha value is -1.41. The SMILES string of the molecule is CC1(C)CCCC1C(N)Cc1ccc2ccccc2n1. The highest BCUT2D eigenvalue weighted by Gasteiger charge is 2.38.